The normalized spacial score (nSPS) is 29.3. The van der Waals surface area contributed by atoms with E-state index in [1.807, 2.05) is 36.4 Å². The molecule has 0 saturated heterocycles. The van der Waals surface area contributed by atoms with Gasteiger partial charge in [0, 0.05) is 11.4 Å². The van der Waals surface area contributed by atoms with Crippen molar-refractivity contribution >= 4 is 46.0 Å². The molecule has 2 aromatic carbocycles. The molecular weight excluding hydrogens is 394 g/mol. The highest BCUT2D eigenvalue weighted by atomic mass is 32.1. The molecule has 0 spiro atoms. The van der Waals surface area contributed by atoms with Crippen LogP contribution < -0.4 is 10.6 Å². The number of hydrogen-bond acceptors (Lipinski definition) is 2. The topological polar surface area (TPSA) is 27.3 Å². The second-order valence-corrected chi connectivity index (χ2v) is 9.84. The van der Waals surface area contributed by atoms with Gasteiger partial charge in [-0.15, -0.1) is 0 Å². The number of benzene rings is 2. The van der Waals surface area contributed by atoms with Crippen LogP contribution in [0.1, 0.15) is 38.5 Å². The van der Waals surface area contributed by atoms with Gasteiger partial charge in [-0.2, -0.15) is 0 Å². The molecule has 0 aliphatic heterocycles. The number of nitrogens with one attached hydrogen (secondary N) is 2. The molecule has 0 radical (unpaired) electrons. The number of thiocarbonyl (C=S) groups is 2. The molecule has 4 aliphatic rings. The Hall–Kier alpha value is -1.98. The van der Waals surface area contributed by atoms with Gasteiger partial charge in [-0.3, -0.25) is 4.90 Å². The van der Waals surface area contributed by atoms with Gasteiger partial charge in [-0.25, -0.2) is 0 Å². The minimum absolute atomic E-state index is 0.0481. The quantitative estimate of drug-likeness (QED) is 0.588. The Morgan fingerprint density at radius 3 is 1.45 bits per heavy atom. The SMILES string of the molecule is S=C(Nc1ccccc1)N(C(=S)Nc1ccccc1)C12CC3CC(CC(C3)C1)C2. The van der Waals surface area contributed by atoms with Crippen molar-refractivity contribution in [2.45, 2.75) is 44.1 Å². The summed E-state index contributed by atoms with van der Waals surface area (Å²) < 4.78 is 0. The van der Waals surface area contributed by atoms with Crippen LogP contribution in [0.15, 0.2) is 60.7 Å². The second-order valence-electron chi connectivity index (χ2n) is 9.07. The van der Waals surface area contributed by atoms with Crippen LogP contribution in [0.5, 0.6) is 0 Å². The smallest absolute Gasteiger partial charge is 0.180 e. The molecule has 6 rings (SSSR count). The Labute approximate surface area is 183 Å². The van der Waals surface area contributed by atoms with E-state index in [1.165, 1.54) is 38.5 Å². The zero-order valence-electron chi connectivity index (χ0n) is 16.5. The molecule has 4 fully saturated rings. The Morgan fingerprint density at radius 2 is 1.07 bits per heavy atom. The van der Waals surface area contributed by atoms with E-state index in [4.69, 9.17) is 24.4 Å². The van der Waals surface area contributed by atoms with E-state index in [0.717, 1.165) is 29.1 Å². The largest absolute Gasteiger partial charge is 0.332 e. The summed E-state index contributed by atoms with van der Waals surface area (Å²) in [5.41, 5.74) is 2.07. The molecule has 0 amide bonds. The lowest BCUT2D eigenvalue weighted by Gasteiger charge is -2.60. The van der Waals surface area contributed by atoms with Crippen molar-refractivity contribution < 1.29 is 0 Å². The second kappa shape index (κ2) is 7.69. The molecule has 4 saturated carbocycles. The lowest BCUT2D eigenvalue weighted by atomic mass is 9.52. The van der Waals surface area contributed by atoms with Crippen LogP contribution in [0.4, 0.5) is 11.4 Å². The first kappa shape index (κ1) is 19.0. The van der Waals surface area contributed by atoms with Gasteiger partial charge in [0.1, 0.15) is 0 Å². The zero-order valence-corrected chi connectivity index (χ0v) is 18.1. The average Bonchev–Trinajstić information content (AvgIpc) is 2.68. The lowest BCUT2D eigenvalue weighted by Crippen LogP contribution is -2.64. The number of hydrogen-bond donors (Lipinski definition) is 2. The van der Waals surface area contributed by atoms with E-state index >= 15 is 0 Å². The van der Waals surface area contributed by atoms with Gasteiger partial charge < -0.3 is 10.6 Å². The molecule has 4 bridgehead atoms. The minimum Gasteiger partial charge on any atom is -0.332 e. The van der Waals surface area contributed by atoms with Crippen molar-refractivity contribution in [3.05, 3.63) is 60.7 Å². The summed E-state index contributed by atoms with van der Waals surface area (Å²) in [5.74, 6) is 2.47. The van der Waals surface area contributed by atoms with Crippen LogP contribution in [-0.4, -0.2) is 20.7 Å². The van der Waals surface area contributed by atoms with E-state index in [0.29, 0.717) is 10.2 Å². The Kier molecular flexibility index (Phi) is 5.04. The fourth-order valence-electron chi connectivity index (χ4n) is 6.26. The van der Waals surface area contributed by atoms with Crippen molar-refractivity contribution in [3.63, 3.8) is 0 Å². The first-order chi connectivity index (χ1) is 14.1. The molecule has 2 N–H and O–H groups in total. The van der Waals surface area contributed by atoms with Crippen molar-refractivity contribution in [3.8, 4) is 0 Å². The molecular formula is C24H27N3S2. The van der Waals surface area contributed by atoms with Crippen LogP contribution in [0.3, 0.4) is 0 Å². The predicted octanol–water partition coefficient (Wildman–Crippen LogP) is 6.05. The van der Waals surface area contributed by atoms with Gasteiger partial charge in [0.25, 0.3) is 0 Å². The molecule has 0 atom stereocenters. The first-order valence-electron chi connectivity index (χ1n) is 10.6. The van der Waals surface area contributed by atoms with E-state index < -0.39 is 0 Å². The number of rotatable bonds is 3. The summed E-state index contributed by atoms with van der Waals surface area (Å²) in [5, 5.41) is 8.36. The molecule has 0 unspecified atom stereocenters. The van der Waals surface area contributed by atoms with Crippen molar-refractivity contribution in [1.29, 1.82) is 0 Å². The van der Waals surface area contributed by atoms with E-state index in [2.05, 4.69) is 39.8 Å². The maximum atomic E-state index is 5.97. The van der Waals surface area contributed by atoms with Crippen molar-refractivity contribution in [2.24, 2.45) is 17.8 Å². The maximum absolute atomic E-state index is 5.97. The van der Waals surface area contributed by atoms with Crippen LogP contribution in [0, 0.1) is 17.8 Å². The fraction of sp³-hybridized carbons (Fsp3) is 0.417. The third-order valence-electron chi connectivity index (χ3n) is 6.94. The Bertz CT molecular complexity index is 808. The first-order valence-corrected chi connectivity index (χ1v) is 11.5. The molecule has 0 aromatic heterocycles. The highest BCUT2D eigenvalue weighted by Crippen LogP contribution is 2.58. The zero-order chi connectivity index (χ0) is 19.8. The molecule has 3 nitrogen and oxygen atoms in total. The lowest BCUT2D eigenvalue weighted by molar-refractivity contribution is -0.0409. The van der Waals surface area contributed by atoms with Gasteiger partial charge in [-0.1, -0.05) is 36.4 Å². The summed E-state index contributed by atoms with van der Waals surface area (Å²) in [4.78, 5) is 2.27. The molecule has 4 aliphatic carbocycles. The van der Waals surface area contributed by atoms with E-state index in [-0.39, 0.29) is 5.54 Å². The standard InChI is InChI=1S/C24H27N3S2/c28-22(25-20-7-3-1-4-8-20)27(23(29)26-21-9-5-2-6-10-21)24-14-17-11-18(15-24)13-19(12-17)16-24/h1-10,17-19H,11-16H2,(H,25,28)(H,26,29). The maximum Gasteiger partial charge on any atom is 0.180 e. The summed E-state index contributed by atoms with van der Waals surface area (Å²) in [6.45, 7) is 0. The number of nitrogens with zero attached hydrogens (tertiary/aromatic N) is 1. The predicted molar refractivity (Wildman–Crippen MR) is 128 cm³/mol. The highest BCUT2D eigenvalue weighted by Gasteiger charge is 2.55. The number of para-hydroxylation sites is 2. The summed E-state index contributed by atoms with van der Waals surface area (Å²) in [6, 6.07) is 20.4. The Balaban J connectivity index is 1.45. The molecule has 5 heteroatoms. The van der Waals surface area contributed by atoms with Crippen molar-refractivity contribution in [1.82, 2.24) is 4.90 Å². The summed E-state index contributed by atoms with van der Waals surface area (Å²) in [7, 11) is 0. The monoisotopic (exact) mass is 421 g/mol. The van der Waals surface area contributed by atoms with Crippen LogP contribution in [-0.2, 0) is 0 Å². The van der Waals surface area contributed by atoms with Crippen LogP contribution in [0.25, 0.3) is 0 Å². The van der Waals surface area contributed by atoms with Crippen LogP contribution in [0.2, 0.25) is 0 Å². The van der Waals surface area contributed by atoms with Gasteiger partial charge in [0.05, 0.1) is 5.54 Å². The minimum atomic E-state index is 0.0481. The summed E-state index contributed by atoms with van der Waals surface area (Å²) in [6.07, 6.45) is 7.78. The molecule has 2 aromatic rings. The third-order valence-corrected chi connectivity index (χ3v) is 7.51. The highest BCUT2D eigenvalue weighted by molar-refractivity contribution is 7.82. The van der Waals surface area contributed by atoms with Gasteiger partial charge in [0.2, 0.25) is 0 Å². The van der Waals surface area contributed by atoms with Crippen LogP contribution >= 0.6 is 24.4 Å². The van der Waals surface area contributed by atoms with Gasteiger partial charge in [-0.05, 0) is 105 Å². The van der Waals surface area contributed by atoms with Gasteiger partial charge >= 0.3 is 0 Å². The van der Waals surface area contributed by atoms with E-state index in [1.54, 1.807) is 0 Å². The van der Waals surface area contributed by atoms with Crippen molar-refractivity contribution in [2.75, 3.05) is 10.6 Å². The molecule has 150 valence electrons. The molecule has 29 heavy (non-hydrogen) atoms. The Morgan fingerprint density at radius 1 is 0.690 bits per heavy atom. The number of anilines is 2. The van der Waals surface area contributed by atoms with E-state index in [9.17, 15) is 0 Å². The average molecular weight is 422 g/mol. The van der Waals surface area contributed by atoms with Gasteiger partial charge in [0.15, 0.2) is 10.2 Å². The third kappa shape index (κ3) is 3.78. The fourth-order valence-corrected chi connectivity index (χ4v) is 7.13. The molecule has 0 heterocycles. The summed E-state index contributed by atoms with van der Waals surface area (Å²) >= 11 is 11.9.